The van der Waals surface area contributed by atoms with Gasteiger partial charge in [0.05, 0.1) is 16.5 Å². The summed E-state index contributed by atoms with van der Waals surface area (Å²) in [4.78, 5) is 39.0. The minimum absolute atomic E-state index is 0.0604. The lowest BCUT2D eigenvalue weighted by molar-refractivity contribution is -0.384. The number of piperazine rings is 1. The maximum Gasteiger partial charge on any atom is 0.387 e. The second-order valence-electron chi connectivity index (χ2n) is 7.17. The predicted molar refractivity (Wildman–Crippen MR) is 112 cm³/mol. The van der Waals surface area contributed by atoms with Gasteiger partial charge in [-0.25, -0.2) is 0 Å². The van der Waals surface area contributed by atoms with Crippen LogP contribution in [0.3, 0.4) is 0 Å². The number of para-hydroxylation sites is 1. The molecule has 0 aliphatic carbocycles. The summed E-state index contributed by atoms with van der Waals surface area (Å²) in [5, 5.41) is 13.4. The number of alkyl halides is 2. The molecule has 11 heteroatoms. The van der Waals surface area contributed by atoms with E-state index in [2.05, 4.69) is 10.1 Å². The van der Waals surface area contributed by atoms with Gasteiger partial charge in [0, 0.05) is 44.0 Å². The van der Waals surface area contributed by atoms with Crippen molar-refractivity contribution in [3.8, 4) is 5.75 Å². The van der Waals surface area contributed by atoms with Crippen LogP contribution in [0.5, 0.6) is 5.75 Å². The van der Waals surface area contributed by atoms with Crippen LogP contribution in [-0.2, 0) is 4.79 Å². The molecule has 1 aliphatic rings. The van der Waals surface area contributed by atoms with E-state index in [0.29, 0.717) is 31.9 Å². The molecule has 0 bridgehead atoms. The van der Waals surface area contributed by atoms with E-state index in [4.69, 9.17) is 0 Å². The lowest BCUT2D eigenvalue weighted by Crippen LogP contribution is -2.54. The topological polar surface area (TPSA) is 105 Å². The number of carbonyl (C=O) groups is 2. The number of halogens is 2. The van der Waals surface area contributed by atoms with E-state index in [1.807, 2.05) is 4.90 Å². The maximum absolute atomic E-state index is 12.8. The van der Waals surface area contributed by atoms with Crippen LogP contribution in [0, 0.1) is 10.1 Å². The molecule has 32 heavy (non-hydrogen) atoms. The SMILES string of the molecule is CC(C(=O)Nc1ccc([N+](=O)[O-])cc1)N1CCN(C(=O)c2ccccc2OC(F)F)CC1. The van der Waals surface area contributed by atoms with E-state index in [1.54, 1.807) is 13.0 Å². The Morgan fingerprint density at radius 2 is 1.69 bits per heavy atom. The molecule has 1 aliphatic heterocycles. The first kappa shape index (κ1) is 23.1. The van der Waals surface area contributed by atoms with Gasteiger partial charge in [-0.15, -0.1) is 0 Å². The van der Waals surface area contributed by atoms with Gasteiger partial charge in [0.1, 0.15) is 5.75 Å². The number of carbonyl (C=O) groups excluding carboxylic acids is 2. The number of nitro groups is 1. The number of nitrogens with one attached hydrogen (secondary N) is 1. The molecule has 0 aromatic heterocycles. The number of nitro benzene ring substituents is 1. The molecular formula is C21H22F2N4O5. The monoisotopic (exact) mass is 448 g/mol. The number of benzene rings is 2. The standard InChI is InChI=1S/C21H22F2N4O5/c1-14(19(28)24-15-6-8-16(9-7-15)27(30)31)25-10-12-26(13-11-25)20(29)17-4-2-3-5-18(17)32-21(22)23/h2-9,14,21H,10-13H2,1H3,(H,24,28). The second kappa shape index (κ2) is 10.1. The summed E-state index contributed by atoms with van der Waals surface area (Å²) < 4.78 is 29.7. The molecule has 0 saturated carbocycles. The van der Waals surface area contributed by atoms with Gasteiger partial charge >= 0.3 is 6.61 Å². The number of non-ortho nitro benzene ring substituents is 1. The molecule has 2 aromatic rings. The van der Waals surface area contributed by atoms with Gasteiger partial charge in [0.25, 0.3) is 11.6 Å². The van der Waals surface area contributed by atoms with E-state index in [1.165, 1.54) is 47.4 Å². The summed E-state index contributed by atoms with van der Waals surface area (Å²) >= 11 is 0. The zero-order chi connectivity index (χ0) is 23.3. The number of rotatable bonds is 7. The molecule has 170 valence electrons. The molecule has 3 rings (SSSR count). The Hall–Kier alpha value is -3.60. The van der Waals surface area contributed by atoms with Crippen molar-refractivity contribution in [1.29, 1.82) is 0 Å². The van der Waals surface area contributed by atoms with Crippen LogP contribution in [0.25, 0.3) is 0 Å². The third kappa shape index (κ3) is 5.55. The lowest BCUT2D eigenvalue weighted by atomic mass is 10.1. The Balaban J connectivity index is 1.56. The molecule has 2 aromatic carbocycles. The first-order chi connectivity index (χ1) is 15.3. The molecule has 0 spiro atoms. The molecule has 1 heterocycles. The van der Waals surface area contributed by atoms with Gasteiger partial charge in [-0.1, -0.05) is 12.1 Å². The molecule has 9 nitrogen and oxygen atoms in total. The molecule has 1 saturated heterocycles. The van der Waals surface area contributed by atoms with Crippen molar-refractivity contribution in [1.82, 2.24) is 9.80 Å². The second-order valence-corrected chi connectivity index (χ2v) is 7.17. The minimum atomic E-state index is -3.03. The van der Waals surface area contributed by atoms with E-state index in [-0.39, 0.29) is 22.9 Å². The van der Waals surface area contributed by atoms with Gasteiger partial charge < -0.3 is 15.0 Å². The number of anilines is 1. The summed E-state index contributed by atoms with van der Waals surface area (Å²) in [5.41, 5.74) is 0.430. The van der Waals surface area contributed by atoms with Crippen LogP contribution >= 0.6 is 0 Å². The number of ether oxygens (including phenoxy) is 1. The normalized spacial score (nSPS) is 15.3. The number of hydrogen-bond acceptors (Lipinski definition) is 6. The largest absolute Gasteiger partial charge is 0.434 e. The van der Waals surface area contributed by atoms with E-state index >= 15 is 0 Å². The summed E-state index contributed by atoms with van der Waals surface area (Å²) in [6, 6.07) is 10.9. The minimum Gasteiger partial charge on any atom is -0.434 e. The Bertz CT molecular complexity index is 978. The van der Waals surface area contributed by atoms with Crippen molar-refractivity contribution in [2.75, 3.05) is 31.5 Å². The van der Waals surface area contributed by atoms with Crippen LogP contribution in [0.1, 0.15) is 17.3 Å². The highest BCUT2D eigenvalue weighted by Crippen LogP contribution is 2.23. The molecule has 1 unspecified atom stereocenters. The van der Waals surface area contributed by atoms with Crippen molar-refractivity contribution in [2.24, 2.45) is 0 Å². The van der Waals surface area contributed by atoms with Crippen LogP contribution in [0.15, 0.2) is 48.5 Å². The first-order valence-electron chi connectivity index (χ1n) is 9.88. The van der Waals surface area contributed by atoms with Crippen molar-refractivity contribution >= 4 is 23.2 Å². The van der Waals surface area contributed by atoms with Crippen LogP contribution in [0.2, 0.25) is 0 Å². The Labute approximate surface area is 182 Å². The maximum atomic E-state index is 12.8. The molecule has 1 N–H and O–H groups in total. The molecule has 2 amide bonds. The quantitative estimate of drug-likeness (QED) is 0.516. The van der Waals surface area contributed by atoms with Gasteiger partial charge in [0.2, 0.25) is 5.91 Å². The highest BCUT2D eigenvalue weighted by atomic mass is 19.3. The number of amides is 2. The van der Waals surface area contributed by atoms with Gasteiger partial charge in [0.15, 0.2) is 0 Å². The Kier molecular flexibility index (Phi) is 7.31. The smallest absolute Gasteiger partial charge is 0.387 e. The van der Waals surface area contributed by atoms with Crippen LogP contribution < -0.4 is 10.1 Å². The van der Waals surface area contributed by atoms with Crippen LogP contribution in [0.4, 0.5) is 20.2 Å². The fourth-order valence-corrected chi connectivity index (χ4v) is 3.40. The highest BCUT2D eigenvalue weighted by molar-refractivity contribution is 5.97. The fourth-order valence-electron chi connectivity index (χ4n) is 3.40. The van der Waals surface area contributed by atoms with Crippen molar-refractivity contribution < 1.29 is 28.0 Å². The summed E-state index contributed by atoms with van der Waals surface area (Å²) in [7, 11) is 0. The zero-order valence-electron chi connectivity index (χ0n) is 17.2. The van der Waals surface area contributed by atoms with Crippen molar-refractivity contribution in [2.45, 2.75) is 19.6 Å². The average molecular weight is 448 g/mol. The Morgan fingerprint density at radius 1 is 1.06 bits per heavy atom. The molecule has 1 atom stereocenters. The average Bonchev–Trinajstić information content (AvgIpc) is 2.78. The predicted octanol–water partition coefficient (Wildman–Crippen LogP) is 2.98. The van der Waals surface area contributed by atoms with E-state index in [9.17, 15) is 28.5 Å². The van der Waals surface area contributed by atoms with E-state index < -0.39 is 23.5 Å². The summed E-state index contributed by atoms with van der Waals surface area (Å²) in [5.74, 6) is -0.871. The highest BCUT2D eigenvalue weighted by Gasteiger charge is 2.29. The van der Waals surface area contributed by atoms with Gasteiger partial charge in [-0.05, 0) is 31.2 Å². The zero-order valence-corrected chi connectivity index (χ0v) is 17.2. The summed E-state index contributed by atoms with van der Waals surface area (Å²) in [6.45, 7) is 0.158. The lowest BCUT2D eigenvalue weighted by Gasteiger charge is -2.37. The number of nitrogens with zero attached hydrogens (tertiary/aromatic N) is 3. The number of hydrogen-bond donors (Lipinski definition) is 1. The third-order valence-electron chi connectivity index (χ3n) is 5.21. The molecule has 1 fully saturated rings. The Morgan fingerprint density at radius 3 is 2.28 bits per heavy atom. The summed E-state index contributed by atoms with van der Waals surface area (Å²) in [6.07, 6.45) is 0. The van der Waals surface area contributed by atoms with Crippen molar-refractivity contribution in [3.63, 3.8) is 0 Å². The van der Waals surface area contributed by atoms with E-state index in [0.717, 1.165) is 0 Å². The van der Waals surface area contributed by atoms with Crippen molar-refractivity contribution in [3.05, 3.63) is 64.2 Å². The first-order valence-corrected chi connectivity index (χ1v) is 9.88. The van der Waals surface area contributed by atoms with Crippen LogP contribution in [-0.4, -0.2) is 65.4 Å². The molecular weight excluding hydrogens is 426 g/mol. The van der Waals surface area contributed by atoms with Gasteiger partial charge in [-0.3, -0.25) is 24.6 Å². The third-order valence-corrected chi connectivity index (χ3v) is 5.21. The fraction of sp³-hybridized carbons (Fsp3) is 0.333. The molecule has 0 radical (unpaired) electrons. The van der Waals surface area contributed by atoms with Gasteiger partial charge in [-0.2, -0.15) is 8.78 Å².